The van der Waals surface area contributed by atoms with E-state index in [9.17, 15) is 4.39 Å². The largest absolute Gasteiger partial charge is 0.303 e. The van der Waals surface area contributed by atoms with Gasteiger partial charge in [-0.15, -0.1) is 0 Å². The molecule has 2 aromatic carbocycles. The normalized spacial score (nSPS) is 18.9. The van der Waals surface area contributed by atoms with Crippen LogP contribution in [0.5, 0.6) is 0 Å². The fraction of sp³-hybridized carbons (Fsp3) is 0.294. The Bertz CT molecular complexity index is 626. The molecule has 0 radical (unpaired) electrons. The van der Waals surface area contributed by atoms with Gasteiger partial charge in [-0.05, 0) is 54.7 Å². The van der Waals surface area contributed by atoms with Gasteiger partial charge < -0.3 is 5.32 Å². The van der Waals surface area contributed by atoms with E-state index in [1.807, 2.05) is 30.3 Å². The molecule has 104 valence electrons. The second-order valence-electron chi connectivity index (χ2n) is 5.34. The van der Waals surface area contributed by atoms with Crippen LogP contribution in [0.3, 0.4) is 0 Å². The maximum Gasteiger partial charge on any atom is 0.123 e. The lowest BCUT2D eigenvalue weighted by atomic mass is 10.0. The minimum absolute atomic E-state index is 0.149. The molecular formula is C17H17ClFN. The Labute approximate surface area is 123 Å². The van der Waals surface area contributed by atoms with Crippen LogP contribution in [0.25, 0.3) is 0 Å². The van der Waals surface area contributed by atoms with Gasteiger partial charge in [-0.3, -0.25) is 0 Å². The fourth-order valence-electron chi connectivity index (χ4n) is 2.98. The number of fused-ring (bicyclic) bond motifs is 1. The molecule has 0 saturated carbocycles. The molecule has 3 rings (SSSR count). The van der Waals surface area contributed by atoms with Gasteiger partial charge in [-0.2, -0.15) is 0 Å². The number of aryl methyl sites for hydroxylation is 1. The van der Waals surface area contributed by atoms with Crippen molar-refractivity contribution >= 4 is 11.6 Å². The van der Waals surface area contributed by atoms with Crippen molar-refractivity contribution in [3.8, 4) is 0 Å². The van der Waals surface area contributed by atoms with Crippen molar-refractivity contribution in [1.29, 1.82) is 0 Å². The van der Waals surface area contributed by atoms with E-state index in [0.717, 1.165) is 29.0 Å². The molecule has 2 atom stereocenters. The molecule has 0 aromatic heterocycles. The highest BCUT2D eigenvalue weighted by atomic mass is 35.5. The van der Waals surface area contributed by atoms with Crippen LogP contribution in [0.2, 0.25) is 5.02 Å². The lowest BCUT2D eigenvalue weighted by Crippen LogP contribution is -2.23. The summed E-state index contributed by atoms with van der Waals surface area (Å²) in [4.78, 5) is 0. The van der Waals surface area contributed by atoms with Crippen molar-refractivity contribution in [2.75, 3.05) is 0 Å². The molecule has 0 spiro atoms. The van der Waals surface area contributed by atoms with E-state index in [2.05, 4.69) is 12.2 Å². The van der Waals surface area contributed by atoms with Crippen LogP contribution < -0.4 is 5.32 Å². The first-order valence-electron chi connectivity index (χ1n) is 6.94. The first-order chi connectivity index (χ1) is 9.65. The molecule has 0 heterocycles. The highest BCUT2D eigenvalue weighted by Gasteiger charge is 2.24. The van der Waals surface area contributed by atoms with Crippen molar-refractivity contribution in [3.05, 3.63) is 70.0 Å². The minimum atomic E-state index is -0.149. The quantitative estimate of drug-likeness (QED) is 0.854. The molecule has 1 nitrogen and oxygen atoms in total. The molecule has 1 aliphatic rings. The summed E-state index contributed by atoms with van der Waals surface area (Å²) < 4.78 is 13.2. The molecule has 1 unspecified atom stereocenters. The standard InChI is InChI=1S/C17H17ClFN/c1-11(14-4-2-3-5-16(14)18)20-17-9-6-12-10-13(19)7-8-15(12)17/h2-5,7-8,10-11,17,20H,6,9H2,1H3/t11-,17?/m0/s1. The van der Waals surface area contributed by atoms with Crippen LogP contribution in [-0.2, 0) is 6.42 Å². The average Bonchev–Trinajstić information content (AvgIpc) is 2.81. The molecular weight excluding hydrogens is 273 g/mol. The van der Waals surface area contributed by atoms with Crippen molar-refractivity contribution in [2.45, 2.75) is 31.8 Å². The molecule has 2 aromatic rings. The topological polar surface area (TPSA) is 12.0 Å². The zero-order valence-corrected chi connectivity index (χ0v) is 12.1. The molecule has 0 aliphatic heterocycles. The molecule has 0 bridgehead atoms. The van der Waals surface area contributed by atoms with E-state index >= 15 is 0 Å². The van der Waals surface area contributed by atoms with Crippen LogP contribution in [0.1, 0.15) is 42.1 Å². The molecule has 0 fully saturated rings. The van der Waals surface area contributed by atoms with Crippen LogP contribution in [0, 0.1) is 5.82 Å². The second-order valence-corrected chi connectivity index (χ2v) is 5.75. The molecule has 1 aliphatic carbocycles. The number of hydrogen-bond donors (Lipinski definition) is 1. The Kier molecular flexibility index (Phi) is 3.77. The van der Waals surface area contributed by atoms with Gasteiger partial charge in [-0.1, -0.05) is 35.9 Å². The number of benzene rings is 2. The summed E-state index contributed by atoms with van der Waals surface area (Å²) in [5.41, 5.74) is 3.43. The summed E-state index contributed by atoms with van der Waals surface area (Å²) in [6, 6.07) is 13.4. The van der Waals surface area contributed by atoms with E-state index in [0.29, 0.717) is 0 Å². The predicted octanol–water partition coefficient (Wildman–Crippen LogP) is 4.82. The molecule has 1 N–H and O–H groups in total. The summed E-state index contributed by atoms with van der Waals surface area (Å²) in [5.74, 6) is -0.149. The molecule has 0 amide bonds. The number of halogens is 2. The van der Waals surface area contributed by atoms with Crippen molar-refractivity contribution in [1.82, 2.24) is 5.32 Å². The maximum absolute atomic E-state index is 13.2. The van der Waals surface area contributed by atoms with E-state index < -0.39 is 0 Å². The smallest absolute Gasteiger partial charge is 0.123 e. The van der Waals surface area contributed by atoms with Gasteiger partial charge in [0.25, 0.3) is 0 Å². The van der Waals surface area contributed by atoms with Gasteiger partial charge in [0.1, 0.15) is 5.82 Å². The summed E-state index contributed by atoms with van der Waals surface area (Å²) >= 11 is 6.24. The monoisotopic (exact) mass is 289 g/mol. The summed E-state index contributed by atoms with van der Waals surface area (Å²) in [6.45, 7) is 2.11. The third-order valence-electron chi connectivity index (χ3n) is 4.01. The Morgan fingerprint density at radius 2 is 2.05 bits per heavy atom. The number of rotatable bonds is 3. The number of nitrogens with one attached hydrogen (secondary N) is 1. The zero-order valence-electron chi connectivity index (χ0n) is 11.4. The highest BCUT2D eigenvalue weighted by Crippen LogP contribution is 2.34. The SMILES string of the molecule is C[C@H](NC1CCc2cc(F)ccc21)c1ccccc1Cl. The molecule has 20 heavy (non-hydrogen) atoms. The second kappa shape index (κ2) is 5.55. The average molecular weight is 290 g/mol. The summed E-state index contributed by atoms with van der Waals surface area (Å²) in [7, 11) is 0. The van der Waals surface area contributed by atoms with Gasteiger partial charge in [0, 0.05) is 17.1 Å². The Morgan fingerprint density at radius 3 is 2.85 bits per heavy atom. The zero-order chi connectivity index (χ0) is 14.1. The van der Waals surface area contributed by atoms with Crippen molar-refractivity contribution < 1.29 is 4.39 Å². The lowest BCUT2D eigenvalue weighted by Gasteiger charge is -2.21. The summed E-state index contributed by atoms with van der Waals surface area (Å²) in [5, 5.41) is 4.39. The predicted molar refractivity (Wildman–Crippen MR) is 80.5 cm³/mol. The van der Waals surface area contributed by atoms with Crippen LogP contribution in [0.15, 0.2) is 42.5 Å². The maximum atomic E-state index is 13.2. The van der Waals surface area contributed by atoms with E-state index in [1.165, 1.54) is 5.56 Å². The molecule has 3 heteroatoms. The van der Waals surface area contributed by atoms with E-state index in [4.69, 9.17) is 11.6 Å². The Morgan fingerprint density at radius 1 is 1.25 bits per heavy atom. The highest BCUT2D eigenvalue weighted by molar-refractivity contribution is 6.31. The van der Waals surface area contributed by atoms with Gasteiger partial charge in [0.15, 0.2) is 0 Å². The summed E-state index contributed by atoms with van der Waals surface area (Å²) in [6.07, 6.45) is 1.94. The first kappa shape index (κ1) is 13.6. The van der Waals surface area contributed by atoms with Crippen molar-refractivity contribution in [2.24, 2.45) is 0 Å². The van der Waals surface area contributed by atoms with Crippen molar-refractivity contribution in [3.63, 3.8) is 0 Å². The Hall–Kier alpha value is -1.38. The van der Waals surface area contributed by atoms with Gasteiger partial charge >= 0.3 is 0 Å². The first-order valence-corrected chi connectivity index (χ1v) is 7.32. The fourth-order valence-corrected chi connectivity index (χ4v) is 3.28. The third-order valence-corrected chi connectivity index (χ3v) is 4.35. The lowest BCUT2D eigenvalue weighted by molar-refractivity contribution is 0.465. The van der Waals surface area contributed by atoms with E-state index in [1.54, 1.807) is 12.1 Å². The Balaban J connectivity index is 1.79. The van der Waals surface area contributed by atoms with Crippen LogP contribution >= 0.6 is 11.6 Å². The molecule has 0 saturated heterocycles. The van der Waals surface area contributed by atoms with Crippen LogP contribution in [-0.4, -0.2) is 0 Å². The van der Waals surface area contributed by atoms with Gasteiger partial charge in [-0.25, -0.2) is 4.39 Å². The van der Waals surface area contributed by atoms with Crippen LogP contribution in [0.4, 0.5) is 4.39 Å². The minimum Gasteiger partial charge on any atom is -0.303 e. The third kappa shape index (κ3) is 2.58. The number of hydrogen-bond acceptors (Lipinski definition) is 1. The van der Waals surface area contributed by atoms with Gasteiger partial charge in [0.2, 0.25) is 0 Å². The van der Waals surface area contributed by atoms with Gasteiger partial charge in [0.05, 0.1) is 0 Å². The van der Waals surface area contributed by atoms with E-state index in [-0.39, 0.29) is 17.9 Å².